The summed E-state index contributed by atoms with van der Waals surface area (Å²) < 4.78 is 15.8. The predicted molar refractivity (Wildman–Crippen MR) is 116 cm³/mol. The van der Waals surface area contributed by atoms with E-state index in [9.17, 15) is 9.59 Å². The number of amides is 2. The Bertz CT molecular complexity index is 849. The van der Waals surface area contributed by atoms with Crippen LogP contribution in [0.25, 0.3) is 0 Å². The van der Waals surface area contributed by atoms with Gasteiger partial charge in [-0.15, -0.1) is 0 Å². The standard InChI is InChI=1S/C23H29N3O5/c1-29-19-7-3-17(4-8-19)15-24-22(27)23(28)25-16-21(26-11-13-31-14-12-26)18-5-9-20(30-2)10-6-18/h3-10,21H,11-16H2,1-2H3,(H,24,27)(H,25,28)/t21-/m1/s1. The molecule has 1 fully saturated rings. The predicted octanol–water partition coefficient (Wildman–Crippen LogP) is 1.51. The van der Waals surface area contributed by atoms with Crippen LogP contribution in [0, 0.1) is 0 Å². The van der Waals surface area contributed by atoms with Crippen LogP contribution in [0.5, 0.6) is 11.5 Å². The van der Waals surface area contributed by atoms with Gasteiger partial charge in [0.15, 0.2) is 0 Å². The van der Waals surface area contributed by atoms with E-state index in [1.165, 1.54) is 0 Å². The second-order valence-corrected chi connectivity index (χ2v) is 7.18. The van der Waals surface area contributed by atoms with Gasteiger partial charge < -0.3 is 24.8 Å². The van der Waals surface area contributed by atoms with Crippen molar-refractivity contribution in [1.29, 1.82) is 0 Å². The fraction of sp³-hybridized carbons (Fsp3) is 0.391. The third kappa shape index (κ3) is 6.44. The molecule has 1 aliphatic heterocycles. The maximum Gasteiger partial charge on any atom is 0.309 e. The van der Waals surface area contributed by atoms with Crippen molar-refractivity contribution < 1.29 is 23.8 Å². The number of benzene rings is 2. The van der Waals surface area contributed by atoms with Crippen LogP contribution in [0.1, 0.15) is 17.2 Å². The minimum absolute atomic E-state index is 0.0619. The number of morpholine rings is 1. The molecule has 31 heavy (non-hydrogen) atoms. The largest absolute Gasteiger partial charge is 0.497 e. The van der Waals surface area contributed by atoms with Crippen molar-refractivity contribution in [2.24, 2.45) is 0 Å². The van der Waals surface area contributed by atoms with Crippen LogP contribution in [0.15, 0.2) is 48.5 Å². The zero-order chi connectivity index (χ0) is 22.1. The van der Waals surface area contributed by atoms with Crippen LogP contribution in [0.3, 0.4) is 0 Å². The van der Waals surface area contributed by atoms with Crippen LogP contribution < -0.4 is 20.1 Å². The van der Waals surface area contributed by atoms with Gasteiger partial charge in [0.05, 0.1) is 33.5 Å². The quantitative estimate of drug-likeness (QED) is 0.621. The lowest BCUT2D eigenvalue weighted by atomic mass is 10.0. The number of carbonyl (C=O) groups excluding carboxylic acids is 2. The summed E-state index contributed by atoms with van der Waals surface area (Å²) in [6.07, 6.45) is 0. The van der Waals surface area contributed by atoms with Crippen molar-refractivity contribution in [3.8, 4) is 11.5 Å². The Balaban J connectivity index is 1.57. The summed E-state index contributed by atoms with van der Waals surface area (Å²) in [5.41, 5.74) is 1.92. The van der Waals surface area contributed by atoms with E-state index in [0.717, 1.165) is 35.7 Å². The molecule has 2 amide bonds. The molecule has 0 aliphatic carbocycles. The van der Waals surface area contributed by atoms with Crippen molar-refractivity contribution >= 4 is 11.8 Å². The van der Waals surface area contributed by atoms with E-state index in [0.29, 0.717) is 19.8 Å². The molecule has 8 heteroatoms. The summed E-state index contributed by atoms with van der Waals surface area (Å²) in [5, 5.41) is 5.43. The molecule has 1 atom stereocenters. The Morgan fingerprint density at radius 2 is 1.45 bits per heavy atom. The van der Waals surface area contributed by atoms with E-state index in [2.05, 4.69) is 15.5 Å². The van der Waals surface area contributed by atoms with Crippen molar-refractivity contribution in [3.05, 3.63) is 59.7 Å². The van der Waals surface area contributed by atoms with E-state index in [4.69, 9.17) is 14.2 Å². The molecule has 2 N–H and O–H groups in total. The van der Waals surface area contributed by atoms with Crippen LogP contribution in [0.2, 0.25) is 0 Å². The average Bonchev–Trinajstić information content (AvgIpc) is 2.83. The molecule has 1 aliphatic rings. The van der Waals surface area contributed by atoms with E-state index in [1.807, 2.05) is 48.5 Å². The monoisotopic (exact) mass is 427 g/mol. The Morgan fingerprint density at radius 1 is 0.903 bits per heavy atom. The molecular formula is C23H29N3O5. The maximum absolute atomic E-state index is 12.4. The number of hydrogen-bond acceptors (Lipinski definition) is 6. The molecule has 2 aromatic rings. The van der Waals surface area contributed by atoms with Crippen LogP contribution in [-0.2, 0) is 20.9 Å². The summed E-state index contributed by atoms with van der Waals surface area (Å²) in [6.45, 7) is 3.39. The maximum atomic E-state index is 12.4. The van der Waals surface area contributed by atoms with Crippen LogP contribution >= 0.6 is 0 Å². The molecule has 1 heterocycles. The van der Waals surface area contributed by atoms with Gasteiger partial charge in [-0.3, -0.25) is 14.5 Å². The second-order valence-electron chi connectivity index (χ2n) is 7.18. The van der Waals surface area contributed by atoms with Gasteiger partial charge in [0, 0.05) is 26.2 Å². The molecule has 2 aromatic carbocycles. The van der Waals surface area contributed by atoms with Crippen molar-refractivity contribution in [3.63, 3.8) is 0 Å². The first-order valence-electron chi connectivity index (χ1n) is 10.3. The number of carbonyl (C=O) groups is 2. The topological polar surface area (TPSA) is 89.1 Å². The second kappa shape index (κ2) is 11.3. The van der Waals surface area contributed by atoms with Gasteiger partial charge in [-0.25, -0.2) is 0 Å². The van der Waals surface area contributed by atoms with E-state index < -0.39 is 11.8 Å². The summed E-state index contributed by atoms with van der Waals surface area (Å²) in [6, 6.07) is 15.0. The fourth-order valence-electron chi connectivity index (χ4n) is 3.45. The Kier molecular flexibility index (Phi) is 8.26. The number of rotatable bonds is 8. The number of nitrogens with one attached hydrogen (secondary N) is 2. The lowest BCUT2D eigenvalue weighted by Crippen LogP contribution is -2.46. The smallest absolute Gasteiger partial charge is 0.309 e. The summed E-state index contributed by atoms with van der Waals surface area (Å²) >= 11 is 0. The van der Waals surface area contributed by atoms with Gasteiger partial charge in [-0.05, 0) is 35.4 Å². The molecular weight excluding hydrogens is 398 g/mol. The van der Waals surface area contributed by atoms with Crippen LogP contribution in [0.4, 0.5) is 0 Å². The summed E-state index contributed by atoms with van der Waals surface area (Å²) in [4.78, 5) is 26.9. The molecule has 0 bridgehead atoms. The fourth-order valence-corrected chi connectivity index (χ4v) is 3.45. The Hall–Kier alpha value is -3.10. The summed E-state index contributed by atoms with van der Waals surface area (Å²) in [7, 11) is 3.22. The zero-order valence-corrected chi connectivity index (χ0v) is 17.9. The molecule has 3 rings (SSSR count). The molecule has 0 spiro atoms. The number of hydrogen-bond donors (Lipinski definition) is 2. The van der Waals surface area contributed by atoms with E-state index in [-0.39, 0.29) is 12.6 Å². The van der Waals surface area contributed by atoms with Crippen LogP contribution in [-0.4, -0.2) is 63.8 Å². The minimum atomic E-state index is -0.661. The Labute approximate surface area is 182 Å². The number of nitrogens with zero attached hydrogens (tertiary/aromatic N) is 1. The third-order valence-corrected chi connectivity index (χ3v) is 5.26. The van der Waals surface area contributed by atoms with E-state index in [1.54, 1.807) is 14.2 Å². The molecule has 0 saturated carbocycles. The van der Waals surface area contributed by atoms with Crippen molar-refractivity contribution in [2.75, 3.05) is 47.1 Å². The van der Waals surface area contributed by atoms with E-state index >= 15 is 0 Å². The van der Waals surface area contributed by atoms with Gasteiger partial charge in [-0.2, -0.15) is 0 Å². The average molecular weight is 428 g/mol. The highest BCUT2D eigenvalue weighted by Crippen LogP contribution is 2.23. The molecule has 8 nitrogen and oxygen atoms in total. The lowest BCUT2D eigenvalue weighted by molar-refractivity contribution is -0.139. The summed E-state index contributed by atoms with van der Waals surface area (Å²) in [5.74, 6) is 0.193. The van der Waals surface area contributed by atoms with Gasteiger partial charge in [0.2, 0.25) is 0 Å². The molecule has 1 saturated heterocycles. The molecule has 0 aromatic heterocycles. The lowest BCUT2D eigenvalue weighted by Gasteiger charge is -2.34. The first kappa shape index (κ1) is 22.6. The highest BCUT2D eigenvalue weighted by Gasteiger charge is 2.24. The third-order valence-electron chi connectivity index (χ3n) is 5.26. The van der Waals surface area contributed by atoms with Gasteiger partial charge in [-0.1, -0.05) is 24.3 Å². The van der Waals surface area contributed by atoms with Gasteiger partial charge >= 0.3 is 11.8 Å². The SMILES string of the molecule is COc1ccc(CNC(=O)C(=O)NC[C@H](c2ccc(OC)cc2)N2CCOCC2)cc1. The first-order valence-corrected chi connectivity index (χ1v) is 10.3. The molecule has 166 valence electrons. The van der Waals surface area contributed by atoms with Crippen molar-refractivity contribution in [2.45, 2.75) is 12.6 Å². The first-order chi connectivity index (χ1) is 15.1. The molecule has 0 unspecified atom stereocenters. The minimum Gasteiger partial charge on any atom is -0.497 e. The van der Waals surface area contributed by atoms with Gasteiger partial charge in [0.1, 0.15) is 11.5 Å². The highest BCUT2D eigenvalue weighted by molar-refractivity contribution is 6.35. The van der Waals surface area contributed by atoms with Gasteiger partial charge in [0.25, 0.3) is 0 Å². The number of ether oxygens (including phenoxy) is 3. The molecule has 0 radical (unpaired) electrons. The normalized spacial score (nSPS) is 15.0. The van der Waals surface area contributed by atoms with Crippen molar-refractivity contribution in [1.82, 2.24) is 15.5 Å². The highest BCUT2D eigenvalue weighted by atomic mass is 16.5. The zero-order valence-electron chi connectivity index (χ0n) is 17.9. The number of methoxy groups -OCH3 is 2. The Morgan fingerprint density at radius 3 is 2.03 bits per heavy atom.